The minimum atomic E-state index is -3.80. The van der Waals surface area contributed by atoms with Gasteiger partial charge in [-0.15, -0.1) is 0 Å². The van der Waals surface area contributed by atoms with Gasteiger partial charge in [-0.25, -0.2) is 8.42 Å². The molecule has 0 spiro atoms. The highest BCUT2D eigenvalue weighted by Gasteiger charge is 2.25. The van der Waals surface area contributed by atoms with Gasteiger partial charge in [-0.2, -0.15) is 0 Å². The van der Waals surface area contributed by atoms with E-state index in [-0.39, 0.29) is 10.6 Å². The highest BCUT2D eigenvalue weighted by Crippen LogP contribution is 2.20. The fourth-order valence-electron chi connectivity index (χ4n) is 1.91. The first-order valence-electron chi connectivity index (χ1n) is 6.68. The second-order valence-corrected chi connectivity index (χ2v) is 6.90. The van der Waals surface area contributed by atoms with Crippen molar-refractivity contribution in [2.24, 2.45) is 0 Å². The van der Waals surface area contributed by atoms with E-state index in [0.29, 0.717) is 5.56 Å². The molecule has 0 bridgehead atoms. The van der Waals surface area contributed by atoms with Gasteiger partial charge in [0.15, 0.2) is 0 Å². The van der Waals surface area contributed by atoms with Gasteiger partial charge >= 0.3 is 0 Å². The van der Waals surface area contributed by atoms with Crippen molar-refractivity contribution in [3.05, 3.63) is 78.0 Å². The first kappa shape index (κ1) is 16.0. The summed E-state index contributed by atoms with van der Waals surface area (Å²) in [5.74, 6) is -0.418. The fourth-order valence-corrected chi connectivity index (χ4v) is 3.08. The van der Waals surface area contributed by atoms with Crippen LogP contribution in [0.15, 0.2) is 71.8 Å². The Bertz CT molecular complexity index is 794. The predicted molar refractivity (Wildman–Crippen MR) is 86.0 cm³/mol. The number of carbonyl (C=O) groups is 1. The van der Waals surface area contributed by atoms with Crippen LogP contribution in [0, 0.1) is 6.92 Å². The number of rotatable bonds is 5. The smallest absolute Gasteiger partial charge is 0.264 e. The lowest BCUT2D eigenvalue weighted by Crippen LogP contribution is -2.29. The van der Waals surface area contributed by atoms with Gasteiger partial charge in [0.05, 0.1) is 10.6 Å². The topological polar surface area (TPSA) is 54.5 Å². The minimum Gasteiger partial charge on any atom is -0.287 e. The van der Waals surface area contributed by atoms with E-state index in [4.69, 9.17) is 0 Å². The molecule has 114 valence electrons. The molecule has 0 atom stereocenters. The van der Waals surface area contributed by atoms with Gasteiger partial charge in [-0.1, -0.05) is 54.6 Å². The molecule has 2 aromatic rings. The van der Waals surface area contributed by atoms with Crippen molar-refractivity contribution in [2.45, 2.75) is 11.8 Å². The van der Waals surface area contributed by atoms with Crippen molar-refractivity contribution in [3.63, 3.8) is 0 Å². The van der Waals surface area contributed by atoms with Crippen molar-refractivity contribution in [2.75, 3.05) is 7.05 Å². The van der Waals surface area contributed by atoms with Gasteiger partial charge in [0.25, 0.3) is 10.0 Å². The van der Waals surface area contributed by atoms with Crippen LogP contribution in [0.5, 0.6) is 0 Å². The summed E-state index contributed by atoms with van der Waals surface area (Å²) < 4.78 is 26.0. The Morgan fingerprint density at radius 2 is 1.55 bits per heavy atom. The van der Waals surface area contributed by atoms with Crippen LogP contribution < -0.4 is 0 Å². The number of ketones is 1. The molecule has 0 unspecified atom stereocenters. The molecular formula is C17H17NO3S. The number of hydrogen-bond acceptors (Lipinski definition) is 3. The third-order valence-corrected chi connectivity index (χ3v) is 5.17. The predicted octanol–water partition coefficient (Wildman–Crippen LogP) is 3.01. The van der Waals surface area contributed by atoms with Gasteiger partial charge in [-0.3, -0.25) is 9.10 Å². The normalized spacial score (nSPS) is 11.0. The van der Waals surface area contributed by atoms with E-state index in [0.717, 1.165) is 9.87 Å². The zero-order valence-electron chi connectivity index (χ0n) is 12.5. The second-order valence-electron chi connectivity index (χ2n) is 4.93. The Kier molecular flexibility index (Phi) is 4.47. The zero-order valence-corrected chi connectivity index (χ0v) is 13.3. The quantitative estimate of drug-likeness (QED) is 0.629. The SMILES string of the molecule is C=C(C(=O)c1ccccc1)N(C)S(=O)(=O)c1ccc(C)cc1. The summed E-state index contributed by atoms with van der Waals surface area (Å²) in [5.41, 5.74) is 1.27. The highest BCUT2D eigenvalue weighted by atomic mass is 32.2. The number of benzene rings is 2. The Hall–Kier alpha value is -2.40. The maximum absolute atomic E-state index is 12.5. The van der Waals surface area contributed by atoms with Gasteiger partial charge < -0.3 is 0 Å². The highest BCUT2D eigenvalue weighted by molar-refractivity contribution is 7.89. The van der Waals surface area contributed by atoms with E-state index in [2.05, 4.69) is 6.58 Å². The lowest BCUT2D eigenvalue weighted by Gasteiger charge is -2.20. The molecule has 2 aromatic carbocycles. The monoisotopic (exact) mass is 315 g/mol. The van der Waals surface area contributed by atoms with Crippen LogP contribution in [0.2, 0.25) is 0 Å². The molecule has 0 aliphatic heterocycles. The van der Waals surface area contributed by atoms with E-state index in [9.17, 15) is 13.2 Å². The summed E-state index contributed by atoms with van der Waals surface area (Å²) in [7, 11) is -2.46. The summed E-state index contributed by atoms with van der Waals surface area (Å²) in [6.45, 7) is 5.51. The van der Waals surface area contributed by atoms with Crippen LogP contribution in [-0.4, -0.2) is 25.6 Å². The molecule has 4 nitrogen and oxygen atoms in total. The van der Waals surface area contributed by atoms with E-state index >= 15 is 0 Å². The molecule has 0 N–H and O–H groups in total. The van der Waals surface area contributed by atoms with Crippen LogP contribution >= 0.6 is 0 Å². The molecule has 0 amide bonds. The molecule has 0 heterocycles. The average Bonchev–Trinajstić information content (AvgIpc) is 2.54. The van der Waals surface area contributed by atoms with Crippen molar-refractivity contribution in [3.8, 4) is 0 Å². The Morgan fingerprint density at radius 3 is 2.09 bits per heavy atom. The lowest BCUT2D eigenvalue weighted by molar-refractivity contribution is 0.101. The number of allylic oxidation sites excluding steroid dienone is 1. The van der Waals surface area contributed by atoms with E-state index in [1.807, 2.05) is 6.92 Å². The summed E-state index contributed by atoms with van der Waals surface area (Å²) in [6, 6.07) is 14.9. The summed E-state index contributed by atoms with van der Waals surface area (Å²) >= 11 is 0. The molecule has 0 saturated heterocycles. The number of hydrogen-bond donors (Lipinski definition) is 0. The third kappa shape index (κ3) is 3.09. The summed E-state index contributed by atoms with van der Waals surface area (Å²) in [5, 5.41) is 0. The van der Waals surface area contributed by atoms with Gasteiger partial charge in [0.2, 0.25) is 5.78 Å². The second kappa shape index (κ2) is 6.15. The molecule has 0 saturated carbocycles. The molecule has 0 aliphatic carbocycles. The Balaban J connectivity index is 2.30. The first-order valence-corrected chi connectivity index (χ1v) is 8.12. The number of Topliss-reactive ketones (excluding diaryl/α,β-unsaturated/α-hetero) is 1. The maximum atomic E-state index is 12.5. The molecule has 0 fully saturated rings. The van der Waals surface area contributed by atoms with Gasteiger partial charge in [0, 0.05) is 12.6 Å². The largest absolute Gasteiger partial charge is 0.287 e. The average molecular weight is 315 g/mol. The number of carbonyl (C=O) groups excluding carboxylic acids is 1. The van der Waals surface area contributed by atoms with Gasteiger partial charge in [0.1, 0.15) is 0 Å². The van der Waals surface area contributed by atoms with Crippen LogP contribution in [0.4, 0.5) is 0 Å². The number of aryl methyl sites for hydroxylation is 1. The van der Waals surface area contributed by atoms with Crippen molar-refractivity contribution < 1.29 is 13.2 Å². The molecular weight excluding hydrogens is 298 g/mol. The summed E-state index contributed by atoms with van der Waals surface area (Å²) in [4.78, 5) is 12.4. The van der Waals surface area contributed by atoms with E-state index < -0.39 is 15.8 Å². The number of sulfonamides is 1. The standard InChI is InChI=1S/C17H17NO3S/c1-13-9-11-16(12-10-13)22(20,21)18(3)14(2)17(19)15-7-5-4-6-8-15/h4-12H,2H2,1,3H3. The maximum Gasteiger partial charge on any atom is 0.264 e. The molecule has 5 heteroatoms. The van der Waals surface area contributed by atoms with Crippen molar-refractivity contribution in [1.29, 1.82) is 0 Å². The van der Waals surface area contributed by atoms with Crippen molar-refractivity contribution in [1.82, 2.24) is 4.31 Å². The molecule has 22 heavy (non-hydrogen) atoms. The van der Waals surface area contributed by atoms with Crippen LogP contribution in [0.3, 0.4) is 0 Å². The van der Waals surface area contributed by atoms with Crippen LogP contribution in [-0.2, 0) is 10.0 Å². The first-order chi connectivity index (χ1) is 10.3. The summed E-state index contributed by atoms with van der Waals surface area (Å²) in [6.07, 6.45) is 0. The van der Waals surface area contributed by atoms with Crippen molar-refractivity contribution >= 4 is 15.8 Å². The van der Waals surface area contributed by atoms with Crippen LogP contribution in [0.1, 0.15) is 15.9 Å². The number of likely N-dealkylation sites (N-methyl/N-ethyl adjacent to an activating group) is 1. The molecule has 0 aliphatic rings. The lowest BCUT2D eigenvalue weighted by atomic mass is 10.1. The molecule has 0 aromatic heterocycles. The number of nitrogens with zero attached hydrogens (tertiary/aromatic N) is 1. The van der Waals surface area contributed by atoms with E-state index in [1.165, 1.54) is 19.2 Å². The Labute approximate surface area is 130 Å². The molecule has 2 rings (SSSR count). The fraction of sp³-hybridized carbons (Fsp3) is 0.118. The van der Waals surface area contributed by atoms with Crippen LogP contribution in [0.25, 0.3) is 0 Å². The Morgan fingerprint density at radius 1 is 1.00 bits per heavy atom. The zero-order chi connectivity index (χ0) is 16.3. The molecule has 0 radical (unpaired) electrons. The third-order valence-electron chi connectivity index (χ3n) is 3.36. The van der Waals surface area contributed by atoms with E-state index in [1.54, 1.807) is 42.5 Å². The minimum absolute atomic E-state index is 0.0909. The van der Waals surface area contributed by atoms with Gasteiger partial charge in [-0.05, 0) is 19.1 Å².